The van der Waals surface area contributed by atoms with Crippen LogP contribution in [0.15, 0.2) is 24.5 Å². The van der Waals surface area contributed by atoms with Crippen LogP contribution >= 0.6 is 11.6 Å². The highest BCUT2D eigenvalue weighted by Crippen LogP contribution is 2.20. The lowest BCUT2D eigenvalue weighted by atomic mass is 10.1. The zero-order valence-electron chi connectivity index (χ0n) is 8.53. The van der Waals surface area contributed by atoms with Crippen molar-refractivity contribution in [1.82, 2.24) is 15.0 Å². The van der Waals surface area contributed by atoms with E-state index >= 15 is 0 Å². The normalized spacial score (nSPS) is 10.3. The second-order valence-corrected chi connectivity index (χ2v) is 3.73. The van der Waals surface area contributed by atoms with Crippen molar-refractivity contribution in [3.8, 4) is 11.4 Å². The lowest BCUT2D eigenvalue weighted by Crippen LogP contribution is -1.93. The van der Waals surface area contributed by atoms with Gasteiger partial charge in [-0.2, -0.15) is 4.98 Å². The molecular weight excluding hydrogens is 210 g/mol. The lowest BCUT2D eigenvalue weighted by molar-refractivity contribution is 1.05. The van der Waals surface area contributed by atoms with E-state index in [2.05, 4.69) is 27.9 Å². The van der Waals surface area contributed by atoms with Gasteiger partial charge >= 0.3 is 0 Å². The molecule has 3 nitrogen and oxygen atoms in total. The van der Waals surface area contributed by atoms with Gasteiger partial charge in [0.1, 0.15) is 6.33 Å². The molecule has 0 aliphatic carbocycles. The van der Waals surface area contributed by atoms with Crippen molar-refractivity contribution in [2.75, 3.05) is 0 Å². The van der Waals surface area contributed by atoms with Crippen LogP contribution in [0.25, 0.3) is 11.4 Å². The van der Waals surface area contributed by atoms with Gasteiger partial charge in [0.2, 0.25) is 5.28 Å². The van der Waals surface area contributed by atoms with Crippen LogP contribution in [0.1, 0.15) is 11.1 Å². The van der Waals surface area contributed by atoms with E-state index in [0.717, 1.165) is 11.1 Å². The Labute approximate surface area is 93.2 Å². The van der Waals surface area contributed by atoms with E-state index in [1.54, 1.807) is 0 Å². The molecule has 1 heterocycles. The molecule has 0 radical (unpaired) electrons. The molecule has 0 aliphatic rings. The molecule has 15 heavy (non-hydrogen) atoms. The summed E-state index contributed by atoms with van der Waals surface area (Å²) in [5.74, 6) is 0.618. The molecule has 0 aliphatic heterocycles. The Morgan fingerprint density at radius 1 is 1.13 bits per heavy atom. The van der Waals surface area contributed by atoms with Crippen LogP contribution in [0.4, 0.5) is 0 Å². The van der Waals surface area contributed by atoms with E-state index in [1.807, 2.05) is 19.1 Å². The number of nitrogens with zero attached hydrogens (tertiary/aromatic N) is 3. The quantitative estimate of drug-likeness (QED) is 0.740. The van der Waals surface area contributed by atoms with Crippen LogP contribution < -0.4 is 0 Å². The first kappa shape index (κ1) is 10.1. The van der Waals surface area contributed by atoms with Crippen LogP contribution in [0.2, 0.25) is 5.28 Å². The van der Waals surface area contributed by atoms with Gasteiger partial charge in [0.25, 0.3) is 0 Å². The maximum Gasteiger partial charge on any atom is 0.225 e. The van der Waals surface area contributed by atoms with Gasteiger partial charge in [-0.1, -0.05) is 23.8 Å². The molecule has 0 fully saturated rings. The molecule has 0 saturated heterocycles. The highest BCUT2D eigenvalue weighted by Gasteiger charge is 2.05. The molecule has 0 bridgehead atoms. The Kier molecular flexibility index (Phi) is 2.64. The van der Waals surface area contributed by atoms with E-state index in [1.165, 1.54) is 11.9 Å². The fourth-order valence-electron chi connectivity index (χ4n) is 1.47. The largest absolute Gasteiger partial charge is 0.225 e. The molecule has 2 rings (SSSR count). The molecular formula is C11H10ClN3. The average molecular weight is 220 g/mol. The first-order valence-corrected chi connectivity index (χ1v) is 4.97. The Bertz CT molecular complexity index is 497. The van der Waals surface area contributed by atoms with Crippen LogP contribution in [-0.2, 0) is 0 Å². The summed E-state index contributed by atoms with van der Waals surface area (Å²) in [6, 6.07) is 6.11. The molecule has 0 spiro atoms. The van der Waals surface area contributed by atoms with Gasteiger partial charge in [-0.05, 0) is 31.0 Å². The predicted octanol–water partition coefficient (Wildman–Crippen LogP) is 2.81. The van der Waals surface area contributed by atoms with Gasteiger partial charge in [0.05, 0.1) is 0 Å². The Hall–Kier alpha value is -1.48. The number of hydrogen-bond donors (Lipinski definition) is 0. The molecule has 0 N–H and O–H groups in total. The van der Waals surface area contributed by atoms with E-state index in [9.17, 15) is 0 Å². The highest BCUT2D eigenvalue weighted by atomic mass is 35.5. The minimum Gasteiger partial charge on any atom is -0.216 e. The van der Waals surface area contributed by atoms with Gasteiger partial charge < -0.3 is 0 Å². The summed E-state index contributed by atoms with van der Waals surface area (Å²) in [5.41, 5.74) is 3.35. The third kappa shape index (κ3) is 2.13. The second kappa shape index (κ2) is 3.95. The zero-order valence-corrected chi connectivity index (χ0v) is 9.28. The van der Waals surface area contributed by atoms with Crippen molar-refractivity contribution in [3.63, 3.8) is 0 Å². The average Bonchev–Trinajstić information content (AvgIpc) is 2.17. The Morgan fingerprint density at radius 3 is 2.60 bits per heavy atom. The van der Waals surface area contributed by atoms with Crippen LogP contribution in [-0.4, -0.2) is 15.0 Å². The summed E-state index contributed by atoms with van der Waals surface area (Å²) < 4.78 is 0. The van der Waals surface area contributed by atoms with E-state index in [0.29, 0.717) is 5.82 Å². The number of aryl methyl sites for hydroxylation is 2. The van der Waals surface area contributed by atoms with E-state index in [4.69, 9.17) is 11.6 Å². The zero-order chi connectivity index (χ0) is 10.8. The van der Waals surface area contributed by atoms with Crippen molar-refractivity contribution < 1.29 is 0 Å². The van der Waals surface area contributed by atoms with Crippen LogP contribution in [0, 0.1) is 13.8 Å². The molecule has 1 aromatic heterocycles. The maximum absolute atomic E-state index is 5.72. The topological polar surface area (TPSA) is 38.7 Å². The third-order valence-electron chi connectivity index (χ3n) is 2.17. The summed E-state index contributed by atoms with van der Waals surface area (Å²) >= 11 is 5.72. The van der Waals surface area contributed by atoms with Crippen molar-refractivity contribution >= 4 is 11.6 Å². The first-order chi connectivity index (χ1) is 7.16. The minimum absolute atomic E-state index is 0.222. The standard InChI is InChI=1S/C11H10ClN3/c1-7-3-4-9(8(2)5-7)10-13-6-14-11(12)15-10/h3-6H,1-2H3. The Balaban J connectivity index is 2.54. The number of rotatable bonds is 1. The fraction of sp³-hybridized carbons (Fsp3) is 0.182. The molecule has 1 aromatic carbocycles. The molecule has 0 saturated carbocycles. The summed E-state index contributed by atoms with van der Waals surface area (Å²) in [7, 11) is 0. The summed E-state index contributed by atoms with van der Waals surface area (Å²) in [5, 5.41) is 0.222. The summed E-state index contributed by atoms with van der Waals surface area (Å²) in [4.78, 5) is 11.9. The van der Waals surface area contributed by atoms with E-state index < -0.39 is 0 Å². The fourth-order valence-corrected chi connectivity index (χ4v) is 1.59. The number of benzene rings is 1. The monoisotopic (exact) mass is 219 g/mol. The van der Waals surface area contributed by atoms with Gasteiger partial charge in [-0.15, -0.1) is 0 Å². The van der Waals surface area contributed by atoms with Gasteiger partial charge in [0, 0.05) is 5.56 Å². The highest BCUT2D eigenvalue weighted by molar-refractivity contribution is 6.28. The SMILES string of the molecule is Cc1ccc(-c2ncnc(Cl)n2)c(C)c1. The Morgan fingerprint density at radius 2 is 1.93 bits per heavy atom. The third-order valence-corrected chi connectivity index (χ3v) is 2.35. The molecule has 2 aromatic rings. The molecule has 0 unspecified atom stereocenters. The smallest absolute Gasteiger partial charge is 0.216 e. The molecule has 76 valence electrons. The number of hydrogen-bond acceptors (Lipinski definition) is 3. The first-order valence-electron chi connectivity index (χ1n) is 4.59. The summed E-state index contributed by atoms with van der Waals surface area (Å²) in [6.45, 7) is 4.08. The molecule has 4 heteroatoms. The van der Waals surface area contributed by atoms with Crippen molar-refractivity contribution in [1.29, 1.82) is 0 Å². The number of halogens is 1. The van der Waals surface area contributed by atoms with E-state index in [-0.39, 0.29) is 5.28 Å². The molecule has 0 amide bonds. The van der Waals surface area contributed by atoms with Gasteiger partial charge in [-0.25, -0.2) is 9.97 Å². The van der Waals surface area contributed by atoms with Crippen molar-refractivity contribution in [2.24, 2.45) is 0 Å². The van der Waals surface area contributed by atoms with Gasteiger partial charge in [-0.3, -0.25) is 0 Å². The minimum atomic E-state index is 0.222. The van der Waals surface area contributed by atoms with Crippen LogP contribution in [0.3, 0.4) is 0 Å². The maximum atomic E-state index is 5.72. The predicted molar refractivity (Wildman–Crippen MR) is 59.7 cm³/mol. The molecule has 0 atom stereocenters. The van der Waals surface area contributed by atoms with Crippen molar-refractivity contribution in [2.45, 2.75) is 13.8 Å². The van der Waals surface area contributed by atoms with Gasteiger partial charge in [0.15, 0.2) is 5.82 Å². The van der Waals surface area contributed by atoms with Crippen molar-refractivity contribution in [3.05, 3.63) is 40.9 Å². The number of aromatic nitrogens is 3. The second-order valence-electron chi connectivity index (χ2n) is 3.40. The van der Waals surface area contributed by atoms with Crippen LogP contribution in [0.5, 0.6) is 0 Å². The summed E-state index contributed by atoms with van der Waals surface area (Å²) in [6.07, 6.45) is 1.42. The lowest BCUT2D eigenvalue weighted by Gasteiger charge is -2.04.